The number of hydrogen-bond acceptors (Lipinski definition) is 2. The average Bonchev–Trinajstić information content (AvgIpc) is 2.39. The van der Waals surface area contributed by atoms with Crippen molar-refractivity contribution in [2.75, 3.05) is 6.61 Å². The zero-order chi connectivity index (χ0) is 12.5. The van der Waals surface area contributed by atoms with Crippen LogP contribution < -0.4 is 0 Å². The molecular formula is C15H20O2. The van der Waals surface area contributed by atoms with Crippen LogP contribution in [0.5, 0.6) is 0 Å². The average molecular weight is 232 g/mol. The molecule has 0 bridgehead atoms. The molecule has 0 spiro atoms. The minimum absolute atomic E-state index is 0.0232. The molecule has 0 N–H and O–H groups in total. The molecule has 1 aromatic carbocycles. The lowest BCUT2D eigenvalue weighted by molar-refractivity contribution is -0.163. The summed E-state index contributed by atoms with van der Waals surface area (Å²) in [7, 11) is 0. The Bertz CT molecular complexity index is 399. The highest BCUT2D eigenvalue weighted by Crippen LogP contribution is 2.48. The Morgan fingerprint density at radius 2 is 1.88 bits per heavy atom. The monoisotopic (exact) mass is 232 g/mol. The van der Waals surface area contributed by atoms with Crippen LogP contribution in [0.2, 0.25) is 0 Å². The van der Waals surface area contributed by atoms with E-state index < -0.39 is 5.41 Å². The van der Waals surface area contributed by atoms with E-state index in [1.807, 2.05) is 44.2 Å². The van der Waals surface area contributed by atoms with Gasteiger partial charge in [-0.15, -0.1) is 0 Å². The van der Waals surface area contributed by atoms with Crippen LogP contribution >= 0.6 is 0 Å². The minimum atomic E-state index is -0.406. The molecule has 0 aliphatic heterocycles. The number of carbonyl (C=O) groups excluding carboxylic acids is 1. The van der Waals surface area contributed by atoms with Gasteiger partial charge >= 0.3 is 0 Å². The van der Waals surface area contributed by atoms with Crippen molar-refractivity contribution in [1.29, 1.82) is 0 Å². The number of carbonyl (C=O) groups is 1. The summed E-state index contributed by atoms with van der Waals surface area (Å²) in [5, 5.41) is 0. The number of Topliss-reactive ketones (excluding diaryl/α,β-unsaturated/α-hetero) is 1. The lowest BCUT2D eigenvalue weighted by Gasteiger charge is -2.51. The van der Waals surface area contributed by atoms with Gasteiger partial charge in [-0.1, -0.05) is 44.2 Å². The highest BCUT2D eigenvalue weighted by Gasteiger charge is 2.60. The number of hydrogen-bond donors (Lipinski definition) is 0. The van der Waals surface area contributed by atoms with Crippen molar-refractivity contribution in [3.05, 3.63) is 35.9 Å². The van der Waals surface area contributed by atoms with Gasteiger partial charge in [-0.2, -0.15) is 0 Å². The van der Waals surface area contributed by atoms with E-state index in [4.69, 9.17) is 4.74 Å². The van der Waals surface area contributed by atoms with Gasteiger partial charge in [0.2, 0.25) is 0 Å². The summed E-state index contributed by atoms with van der Waals surface area (Å²) in [6, 6.07) is 10.0. The summed E-state index contributed by atoms with van der Waals surface area (Å²) in [5.74, 6) is 0.347. The van der Waals surface area contributed by atoms with Crippen molar-refractivity contribution in [3.8, 4) is 0 Å². The molecule has 0 radical (unpaired) electrons. The fourth-order valence-electron chi connectivity index (χ4n) is 3.10. The fourth-order valence-corrected chi connectivity index (χ4v) is 3.10. The van der Waals surface area contributed by atoms with Crippen LogP contribution in [0.4, 0.5) is 0 Å². The highest BCUT2D eigenvalue weighted by atomic mass is 16.5. The van der Waals surface area contributed by atoms with Gasteiger partial charge in [-0.05, 0) is 18.9 Å². The first-order valence-corrected chi connectivity index (χ1v) is 6.39. The van der Waals surface area contributed by atoms with Crippen molar-refractivity contribution in [2.45, 2.75) is 38.7 Å². The Kier molecular flexibility index (Phi) is 3.34. The summed E-state index contributed by atoms with van der Waals surface area (Å²) in [4.78, 5) is 12.3. The van der Waals surface area contributed by atoms with Crippen molar-refractivity contribution in [3.63, 3.8) is 0 Å². The fraction of sp³-hybridized carbons (Fsp3) is 0.533. The molecule has 1 saturated carbocycles. The zero-order valence-corrected chi connectivity index (χ0v) is 10.8. The van der Waals surface area contributed by atoms with Gasteiger partial charge < -0.3 is 4.74 Å². The molecule has 0 amide bonds. The van der Waals surface area contributed by atoms with Gasteiger partial charge in [-0.3, -0.25) is 4.79 Å². The van der Waals surface area contributed by atoms with Crippen molar-refractivity contribution in [1.82, 2.24) is 0 Å². The van der Waals surface area contributed by atoms with E-state index >= 15 is 0 Å². The smallest absolute Gasteiger partial charge is 0.151 e. The second kappa shape index (κ2) is 4.61. The third-order valence-corrected chi connectivity index (χ3v) is 3.99. The number of ether oxygens (including phenoxy) is 1. The number of ketones is 1. The lowest BCUT2D eigenvalue weighted by atomic mass is 9.54. The topological polar surface area (TPSA) is 26.3 Å². The molecule has 2 rings (SSSR count). The van der Waals surface area contributed by atoms with Crippen LogP contribution in [0.1, 0.15) is 32.8 Å². The Balaban J connectivity index is 2.40. The molecule has 1 aliphatic rings. The molecule has 2 nitrogen and oxygen atoms in total. The Labute approximate surface area is 103 Å². The summed E-state index contributed by atoms with van der Waals surface area (Å²) in [5.41, 5.74) is 0.695. The summed E-state index contributed by atoms with van der Waals surface area (Å²) in [6.07, 6.45) is 0.845. The van der Waals surface area contributed by atoms with E-state index in [1.165, 1.54) is 0 Å². The van der Waals surface area contributed by atoms with Crippen LogP contribution in [0.25, 0.3) is 0 Å². The van der Waals surface area contributed by atoms with Gasteiger partial charge in [0.05, 0.1) is 11.5 Å². The summed E-state index contributed by atoms with van der Waals surface area (Å²) >= 11 is 0. The molecule has 3 atom stereocenters. The Hall–Kier alpha value is -1.15. The molecule has 0 heterocycles. The quantitative estimate of drug-likeness (QED) is 0.797. The van der Waals surface area contributed by atoms with Crippen LogP contribution in [0, 0.1) is 5.92 Å². The maximum Gasteiger partial charge on any atom is 0.151 e. The highest BCUT2D eigenvalue weighted by molar-refractivity contribution is 5.99. The first-order chi connectivity index (χ1) is 8.18. The first kappa shape index (κ1) is 12.3. The van der Waals surface area contributed by atoms with Crippen LogP contribution in [-0.4, -0.2) is 18.5 Å². The van der Waals surface area contributed by atoms with Crippen molar-refractivity contribution in [2.24, 2.45) is 5.92 Å². The summed E-state index contributed by atoms with van der Waals surface area (Å²) in [6.45, 7) is 6.69. The summed E-state index contributed by atoms with van der Waals surface area (Å²) < 4.78 is 5.80. The van der Waals surface area contributed by atoms with Gasteiger partial charge in [0, 0.05) is 12.5 Å². The minimum Gasteiger partial charge on any atom is -0.376 e. The number of benzene rings is 1. The molecule has 0 unspecified atom stereocenters. The number of rotatable bonds is 4. The second-order valence-corrected chi connectivity index (χ2v) is 4.72. The lowest BCUT2D eigenvalue weighted by Crippen LogP contribution is -2.64. The molecule has 0 aromatic heterocycles. The molecular weight excluding hydrogens is 212 g/mol. The molecule has 92 valence electrons. The van der Waals surface area contributed by atoms with E-state index in [2.05, 4.69) is 6.92 Å². The Morgan fingerprint density at radius 1 is 1.24 bits per heavy atom. The third kappa shape index (κ3) is 1.62. The van der Waals surface area contributed by atoms with E-state index in [0.717, 1.165) is 12.0 Å². The van der Waals surface area contributed by atoms with Gasteiger partial charge in [-0.25, -0.2) is 0 Å². The van der Waals surface area contributed by atoms with E-state index in [-0.39, 0.29) is 12.0 Å². The second-order valence-electron chi connectivity index (χ2n) is 4.72. The van der Waals surface area contributed by atoms with Gasteiger partial charge in [0.1, 0.15) is 0 Å². The van der Waals surface area contributed by atoms with E-state index in [1.54, 1.807) is 0 Å². The predicted octanol–water partition coefficient (Wildman–Crippen LogP) is 2.96. The maximum atomic E-state index is 12.3. The standard InChI is InChI=1S/C15H20O2/c1-4-15(12-9-7-6-8-10-12)13(16)11(3)14(15)17-5-2/h6-11,14H,4-5H2,1-3H3/t11-,14+,15-/m1/s1. The molecule has 1 aromatic rings. The zero-order valence-electron chi connectivity index (χ0n) is 10.8. The normalized spacial score (nSPS) is 32.3. The van der Waals surface area contributed by atoms with Gasteiger partial charge in [0.25, 0.3) is 0 Å². The van der Waals surface area contributed by atoms with E-state index in [0.29, 0.717) is 12.4 Å². The first-order valence-electron chi connectivity index (χ1n) is 6.39. The predicted molar refractivity (Wildman–Crippen MR) is 68.0 cm³/mol. The van der Waals surface area contributed by atoms with Crippen molar-refractivity contribution >= 4 is 5.78 Å². The molecule has 2 heteroatoms. The SMILES string of the molecule is CCO[C@H]1[C@H](C)C(=O)[C@@]1(CC)c1ccccc1. The van der Waals surface area contributed by atoms with Crippen molar-refractivity contribution < 1.29 is 9.53 Å². The van der Waals surface area contributed by atoms with Crippen LogP contribution in [0.3, 0.4) is 0 Å². The third-order valence-electron chi connectivity index (χ3n) is 3.99. The maximum absolute atomic E-state index is 12.3. The molecule has 0 saturated heterocycles. The van der Waals surface area contributed by atoms with Gasteiger partial charge in [0.15, 0.2) is 5.78 Å². The molecule has 1 fully saturated rings. The van der Waals surface area contributed by atoms with Crippen LogP contribution in [0.15, 0.2) is 30.3 Å². The van der Waals surface area contributed by atoms with Crippen LogP contribution in [-0.2, 0) is 14.9 Å². The molecule has 1 aliphatic carbocycles. The Morgan fingerprint density at radius 3 is 2.41 bits per heavy atom. The molecule has 17 heavy (non-hydrogen) atoms. The van der Waals surface area contributed by atoms with E-state index in [9.17, 15) is 4.79 Å². The largest absolute Gasteiger partial charge is 0.376 e.